The van der Waals surface area contributed by atoms with Gasteiger partial charge in [0.25, 0.3) is 5.91 Å². The lowest BCUT2D eigenvalue weighted by Crippen LogP contribution is -2.50. The van der Waals surface area contributed by atoms with Crippen LogP contribution in [0.3, 0.4) is 0 Å². The van der Waals surface area contributed by atoms with E-state index in [0.29, 0.717) is 38.5 Å². The predicted molar refractivity (Wildman–Crippen MR) is 115 cm³/mol. The molecule has 31 heavy (non-hydrogen) atoms. The monoisotopic (exact) mass is 424 g/mol. The van der Waals surface area contributed by atoms with Crippen LogP contribution in [-0.4, -0.2) is 71.9 Å². The zero-order chi connectivity index (χ0) is 21.8. The molecule has 8 heteroatoms. The fourth-order valence-electron chi connectivity index (χ4n) is 3.67. The molecule has 1 aliphatic heterocycles. The van der Waals surface area contributed by atoms with Crippen molar-refractivity contribution < 1.29 is 24.2 Å². The summed E-state index contributed by atoms with van der Waals surface area (Å²) in [5, 5.41) is 19.4. The van der Waals surface area contributed by atoms with Crippen LogP contribution in [0.5, 0.6) is 11.5 Å². The SMILES string of the molecule is O=C(COc1cc(O)c2c(=O)cc(-c3ccccc3)oc2c1)N1CCN(CCO)CC1. The average Bonchev–Trinajstić information content (AvgIpc) is 2.78. The van der Waals surface area contributed by atoms with Gasteiger partial charge in [-0.05, 0) is 0 Å². The smallest absolute Gasteiger partial charge is 0.260 e. The van der Waals surface area contributed by atoms with Gasteiger partial charge in [0.2, 0.25) is 0 Å². The number of benzene rings is 2. The van der Waals surface area contributed by atoms with Crippen LogP contribution < -0.4 is 10.2 Å². The molecule has 0 radical (unpaired) electrons. The van der Waals surface area contributed by atoms with Gasteiger partial charge in [-0.15, -0.1) is 0 Å². The molecule has 0 bridgehead atoms. The summed E-state index contributed by atoms with van der Waals surface area (Å²) in [6.45, 7) is 3.07. The third-order valence-electron chi connectivity index (χ3n) is 5.35. The number of hydrogen-bond donors (Lipinski definition) is 2. The van der Waals surface area contributed by atoms with Crippen molar-refractivity contribution in [3.63, 3.8) is 0 Å². The van der Waals surface area contributed by atoms with E-state index in [4.69, 9.17) is 14.3 Å². The maximum atomic E-state index is 12.5. The van der Waals surface area contributed by atoms with E-state index in [2.05, 4.69) is 4.90 Å². The van der Waals surface area contributed by atoms with Gasteiger partial charge in [-0.1, -0.05) is 30.3 Å². The molecule has 2 aromatic carbocycles. The molecule has 0 spiro atoms. The highest BCUT2D eigenvalue weighted by molar-refractivity contribution is 5.86. The summed E-state index contributed by atoms with van der Waals surface area (Å²) in [4.78, 5) is 28.8. The van der Waals surface area contributed by atoms with E-state index < -0.39 is 0 Å². The molecule has 3 aromatic rings. The molecule has 2 heterocycles. The number of carbonyl (C=O) groups excluding carboxylic acids is 1. The van der Waals surface area contributed by atoms with Gasteiger partial charge in [-0.25, -0.2) is 0 Å². The Labute approximate surface area is 178 Å². The highest BCUT2D eigenvalue weighted by Crippen LogP contribution is 2.31. The van der Waals surface area contributed by atoms with Gasteiger partial charge in [-0.3, -0.25) is 14.5 Å². The second-order valence-electron chi connectivity index (χ2n) is 7.39. The van der Waals surface area contributed by atoms with Gasteiger partial charge in [-0.2, -0.15) is 0 Å². The number of ether oxygens (including phenoxy) is 1. The topological polar surface area (TPSA) is 103 Å². The lowest BCUT2D eigenvalue weighted by atomic mass is 10.1. The zero-order valence-corrected chi connectivity index (χ0v) is 17.0. The summed E-state index contributed by atoms with van der Waals surface area (Å²) in [7, 11) is 0. The molecule has 2 N–H and O–H groups in total. The highest BCUT2D eigenvalue weighted by atomic mass is 16.5. The molecule has 162 valence electrons. The van der Waals surface area contributed by atoms with Crippen molar-refractivity contribution in [1.29, 1.82) is 0 Å². The number of hydrogen-bond acceptors (Lipinski definition) is 7. The summed E-state index contributed by atoms with van der Waals surface area (Å²) >= 11 is 0. The van der Waals surface area contributed by atoms with Crippen LogP contribution in [0.4, 0.5) is 0 Å². The van der Waals surface area contributed by atoms with Crippen LogP contribution in [0, 0.1) is 0 Å². The molecular formula is C23H24N2O6. The minimum absolute atomic E-state index is 0.0679. The molecule has 1 aliphatic rings. The Morgan fingerprint density at radius 1 is 1.06 bits per heavy atom. The predicted octanol–water partition coefficient (Wildman–Crippen LogP) is 1.68. The molecule has 4 rings (SSSR count). The number of aliphatic hydroxyl groups is 1. The summed E-state index contributed by atoms with van der Waals surface area (Å²) in [5.74, 6) is 0.200. The standard InChI is InChI=1S/C23H24N2O6/c26-11-10-24-6-8-25(9-7-24)22(29)15-30-17-12-18(27)23-19(28)14-20(31-21(23)13-17)16-4-2-1-3-5-16/h1-5,12-14,26-27H,6-11,15H2. The van der Waals surface area contributed by atoms with Crippen molar-refractivity contribution in [1.82, 2.24) is 9.80 Å². The van der Waals surface area contributed by atoms with E-state index in [9.17, 15) is 14.7 Å². The zero-order valence-electron chi connectivity index (χ0n) is 17.0. The number of aliphatic hydroxyl groups excluding tert-OH is 1. The number of fused-ring (bicyclic) bond motifs is 1. The lowest BCUT2D eigenvalue weighted by Gasteiger charge is -2.34. The van der Waals surface area contributed by atoms with Crippen molar-refractivity contribution in [2.45, 2.75) is 0 Å². The number of carbonyl (C=O) groups is 1. The van der Waals surface area contributed by atoms with Crippen LogP contribution in [0.2, 0.25) is 0 Å². The van der Waals surface area contributed by atoms with Gasteiger partial charge < -0.3 is 24.3 Å². The van der Waals surface area contributed by atoms with Gasteiger partial charge in [0.1, 0.15) is 28.2 Å². The summed E-state index contributed by atoms with van der Waals surface area (Å²) in [6.07, 6.45) is 0. The minimum Gasteiger partial charge on any atom is -0.507 e. The Balaban J connectivity index is 1.49. The van der Waals surface area contributed by atoms with E-state index in [1.165, 1.54) is 18.2 Å². The Bertz CT molecular complexity index is 1120. The van der Waals surface area contributed by atoms with E-state index in [1.54, 1.807) is 4.90 Å². The molecule has 1 fully saturated rings. The Morgan fingerprint density at radius 2 is 1.81 bits per heavy atom. The van der Waals surface area contributed by atoms with Crippen molar-refractivity contribution in [3.05, 3.63) is 58.8 Å². The Hall–Kier alpha value is -3.36. The van der Waals surface area contributed by atoms with Crippen LogP contribution >= 0.6 is 0 Å². The number of phenols is 1. The molecule has 1 amide bonds. The second-order valence-corrected chi connectivity index (χ2v) is 7.39. The number of nitrogens with zero attached hydrogens (tertiary/aromatic N) is 2. The van der Waals surface area contributed by atoms with Crippen LogP contribution in [0.25, 0.3) is 22.3 Å². The maximum absolute atomic E-state index is 12.5. The van der Waals surface area contributed by atoms with Crippen LogP contribution in [0.1, 0.15) is 0 Å². The third-order valence-corrected chi connectivity index (χ3v) is 5.35. The number of phenolic OH excluding ortho intramolecular Hbond substituents is 1. The summed E-state index contributed by atoms with van der Waals surface area (Å²) in [5.41, 5.74) is 0.565. The van der Waals surface area contributed by atoms with Crippen molar-refractivity contribution in [2.24, 2.45) is 0 Å². The van der Waals surface area contributed by atoms with E-state index >= 15 is 0 Å². The van der Waals surface area contributed by atoms with Gasteiger partial charge >= 0.3 is 0 Å². The van der Waals surface area contributed by atoms with Gasteiger partial charge in [0, 0.05) is 56.5 Å². The fraction of sp³-hybridized carbons (Fsp3) is 0.304. The highest BCUT2D eigenvalue weighted by Gasteiger charge is 2.21. The molecule has 1 saturated heterocycles. The molecule has 0 unspecified atom stereocenters. The van der Waals surface area contributed by atoms with Crippen molar-refractivity contribution in [2.75, 3.05) is 45.9 Å². The molecular weight excluding hydrogens is 400 g/mol. The fourth-order valence-corrected chi connectivity index (χ4v) is 3.67. The van der Waals surface area contributed by atoms with Crippen molar-refractivity contribution in [3.8, 4) is 22.8 Å². The van der Waals surface area contributed by atoms with Crippen molar-refractivity contribution >= 4 is 16.9 Å². The van der Waals surface area contributed by atoms with E-state index in [-0.39, 0.29) is 47.0 Å². The number of rotatable bonds is 6. The number of piperazine rings is 1. The molecule has 0 atom stereocenters. The largest absolute Gasteiger partial charge is 0.507 e. The Kier molecular flexibility index (Phi) is 6.20. The summed E-state index contributed by atoms with van der Waals surface area (Å²) in [6, 6.07) is 13.4. The lowest BCUT2D eigenvalue weighted by molar-refractivity contribution is -0.135. The first kappa shape index (κ1) is 20.9. The molecule has 8 nitrogen and oxygen atoms in total. The average molecular weight is 424 g/mol. The number of aromatic hydroxyl groups is 1. The second kappa shape index (κ2) is 9.20. The van der Waals surface area contributed by atoms with E-state index in [0.717, 1.165) is 5.56 Å². The number of amides is 1. The molecule has 1 aromatic heterocycles. The van der Waals surface area contributed by atoms with Crippen LogP contribution in [-0.2, 0) is 4.79 Å². The van der Waals surface area contributed by atoms with Gasteiger partial charge in [0.05, 0.1) is 6.61 Å². The number of β-amino-alcohol motifs (C(OH)–C–C–N with tert-alkyl or cyclic N) is 1. The first-order valence-corrected chi connectivity index (χ1v) is 10.2. The first-order chi connectivity index (χ1) is 15.0. The minimum atomic E-state index is -0.360. The normalized spacial score (nSPS) is 14.7. The first-order valence-electron chi connectivity index (χ1n) is 10.2. The van der Waals surface area contributed by atoms with Crippen LogP contribution in [0.15, 0.2) is 57.7 Å². The molecule has 0 aliphatic carbocycles. The van der Waals surface area contributed by atoms with Gasteiger partial charge in [0.15, 0.2) is 12.0 Å². The van der Waals surface area contributed by atoms with E-state index in [1.807, 2.05) is 30.3 Å². The Morgan fingerprint density at radius 3 is 2.52 bits per heavy atom. The molecule has 0 saturated carbocycles. The third kappa shape index (κ3) is 4.70. The maximum Gasteiger partial charge on any atom is 0.260 e. The quantitative estimate of drug-likeness (QED) is 0.621. The summed E-state index contributed by atoms with van der Waals surface area (Å²) < 4.78 is 11.4.